The molecule has 6 rings (SSSR count). The predicted octanol–water partition coefficient (Wildman–Crippen LogP) is 7.70. The number of ether oxygens (including phenoxy) is 1. The number of carbonyl (C=O) groups excluding carboxylic acids is 2. The number of benzene rings is 2. The largest absolute Gasteiger partial charge is 0.459 e. The number of nitrogens with one attached hydrogen (secondary N) is 1. The molecule has 0 aliphatic heterocycles. The van der Waals surface area contributed by atoms with Gasteiger partial charge in [0.05, 0.1) is 11.8 Å². The lowest BCUT2D eigenvalue weighted by atomic mass is 9.82. The Morgan fingerprint density at radius 2 is 1.80 bits per heavy atom. The van der Waals surface area contributed by atoms with E-state index in [-0.39, 0.29) is 12.0 Å². The fourth-order valence-electron chi connectivity index (χ4n) is 5.28. The summed E-state index contributed by atoms with van der Waals surface area (Å²) < 4.78 is 5.54. The van der Waals surface area contributed by atoms with E-state index in [2.05, 4.69) is 35.6 Å². The number of rotatable bonds is 6. The maximum atomic E-state index is 13.6. The molecule has 0 saturated carbocycles. The number of nitrogen functional groups attached to an aromatic ring is 1. The van der Waals surface area contributed by atoms with Gasteiger partial charge in [0.25, 0.3) is 5.91 Å². The highest BCUT2D eigenvalue weighted by atomic mass is 32.1. The quantitative estimate of drug-likeness (QED) is 0.205. The SMILES string of the molecule is CC(C)OC(=O)c1c(-c2ccccc2)csc1NC(=O)c1sc2nc3c(cc2c1N)CC(c1ccccc1)CC3. The second-order valence-electron chi connectivity index (χ2n) is 10.3. The first-order valence-electron chi connectivity index (χ1n) is 13.3. The van der Waals surface area contributed by atoms with Gasteiger partial charge in [0.2, 0.25) is 0 Å². The second-order valence-corrected chi connectivity index (χ2v) is 12.1. The Bertz CT molecular complexity index is 1710. The van der Waals surface area contributed by atoms with Crippen LogP contribution in [0.15, 0.2) is 72.1 Å². The Morgan fingerprint density at radius 3 is 2.52 bits per heavy atom. The van der Waals surface area contributed by atoms with Gasteiger partial charge in [-0.2, -0.15) is 0 Å². The van der Waals surface area contributed by atoms with Gasteiger partial charge in [-0.25, -0.2) is 9.78 Å². The Labute approximate surface area is 240 Å². The molecule has 0 spiro atoms. The Morgan fingerprint density at radius 1 is 1.07 bits per heavy atom. The molecule has 6 nitrogen and oxygen atoms in total. The van der Waals surface area contributed by atoms with Gasteiger partial charge >= 0.3 is 5.97 Å². The van der Waals surface area contributed by atoms with Crippen molar-refractivity contribution in [3.63, 3.8) is 0 Å². The summed E-state index contributed by atoms with van der Waals surface area (Å²) in [7, 11) is 0. The van der Waals surface area contributed by atoms with Crippen molar-refractivity contribution in [1.82, 2.24) is 4.98 Å². The van der Waals surface area contributed by atoms with Gasteiger partial charge in [0.15, 0.2) is 0 Å². The molecule has 3 aromatic heterocycles. The number of thiophene rings is 2. The molecule has 1 aliphatic rings. The molecule has 5 aromatic rings. The molecule has 3 heterocycles. The molecule has 3 N–H and O–H groups in total. The zero-order valence-corrected chi connectivity index (χ0v) is 23.9. The number of amides is 1. The van der Waals surface area contributed by atoms with Crippen molar-refractivity contribution in [1.29, 1.82) is 0 Å². The molecule has 1 aliphatic carbocycles. The molecule has 0 radical (unpaired) electrons. The lowest BCUT2D eigenvalue weighted by molar-refractivity contribution is 0.0380. The van der Waals surface area contributed by atoms with Crippen LogP contribution >= 0.6 is 22.7 Å². The number of aryl methyl sites for hydroxylation is 1. The van der Waals surface area contributed by atoms with Crippen molar-refractivity contribution in [3.8, 4) is 11.1 Å². The molecule has 8 heteroatoms. The van der Waals surface area contributed by atoms with Crippen molar-refractivity contribution in [2.45, 2.75) is 45.1 Å². The van der Waals surface area contributed by atoms with E-state index in [0.29, 0.717) is 27.0 Å². The van der Waals surface area contributed by atoms with Gasteiger partial charge in [-0.3, -0.25) is 4.79 Å². The number of nitrogens with two attached hydrogens (primary N) is 1. The molecule has 0 saturated heterocycles. The average molecular weight is 568 g/mol. The summed E-state index contributed by atoms with van der Waals surface area (Å²) >= 11 is 2.59. The molecular weight excluding hydrogens is 539 g/mol. The first kappa shape index (κ1) is 26.2. The van der Waals surface area contributed by atoms with Crippen LogP contribution in [0.2, 0.25) is 0 Å². The van der Waals surface area contributed by atoms with Gasteiger partial charge in [0, 0.05) is 22.0 Å². The number of hydrogen-bond donors (Lipinski definition) is 2. The highest BCUT2D eigenvalue weighted by Crippen LogP contribution is 2.40. The highest BCUT2D eigenvalue weighted by molar-refractivity contribution is 7.21. The van der Waals surface area contributed by atoms with E-state index in [9.17, 15) is 9.59 Å². The summed E-state index contributed by atoms with van der Waals surface area (Å²) in [5.74, 6) is -0.394. The Kier molecular flexibility index (Phi) is 7.12. The zero-order chi connectivity index (χ0) is 27.8. The molecular formula is C32H29N3O3S2. The monoisotopic (exact) mass is 567 g/mol. The minimum absolute atomic E-state index is 0.295. The van der Waals surface area contributed by atoms with Crippen LogP contribution < -0.4 is 11.1 Å². The van der Waals surface area contributed by atoms with E-state index < -0.39 is 5.97 Å². The van der Waals surface area contributed by atoms with Crippen LogP contribution in [0.1, 0.15) is 63.0 Å². The van der Waals surface area contributed by atoms with E-state index in [1.54, 1.807) is 13.8 Å². The summed E-state index contributed by atoms with van der Waals surface area (Å²) in [5.41, 5.74) is 12.5. The van der Waals surface area contributed by atoms with Crippen LogP contribution in [0.3, 0.4) is 0 Å². The summed E-state index contributed by atoms with van der Waals surface area (Å²) in [6.07, 6.45) is 2.54. The number of anilines is 2. The minimum atomic E-state index is -0.475. The second kappa shape index (κ2) is 10.9. The van der Waals surface area contributed by atoms with Gasteiger partial charge in [-0.1, -0.05) is 60.7 Å². The van der Waals surface area contributed by atoms with E-state index in [1.165, 1.54) is 33.8 Å². The van der Waals surface area contributed by atoms with Gasteiger partial charge in [-0.05, 0) is 61.8 Å². The molecule has 40 heavy (non-hydrogen) atoms. The van der Waals surface area contributed by atoms with Crippen LogP contribution in [0.5, 0.6) is 0 Å². The smallest absolute Gasteiger partial charge is 0.342 e. The lowest BCUT2D eigenvalue weighted by Gasteiger charge is -2.24. The number of nitrogens with zero attached hydrogens (tertiary/aromatic N) is 1. The van der Waals surface area contributed by atoms with Crippen LogP contribution in [0, 0.1) is 0 Å². The van der Waals surface area contributed by atoms with Crippen molar-refractivity contribution in [3.05, 3.63) is 99.4 Å². The molecule has 2 aromatic carbocycles. The predicted molar refractivity (Wildman–Crippen MR) is 164 cm³/mol. The van der Waals surface area contributed by atoms with Gasteiger partial charge < -0.3 is 15.8 Å². The highest BCUT2D eigenvalue weighted by Gasteiger charge is 2.27. The summed E-state index contributed by atoms with van der Waals surface area (Å²) in [6, 6.07) is 22.3. The lowest BCUT2D eigenvalue weighted by Crippen LogP contribution is -2.16. The first-order chi connectivity index (χ1) is 19.4. The van der Waals surface area contributed by atoms with E-state index in [1.807, 2.05) is 41.8 Å². The molecule has 1 amide bonds. The van der Waals surface area contributed by atoms with Crippen molar-refractivity contribution >= 4 is 55.5 Å². The van der Waals surface area contributed by atoms with Crippen LogP contribution in [-0.2, 0) is 17.6 Å². The van der Waals surface area contributed by atoms with Crippen LogP contribution in [0.4, 0.5) is 10.7 Å². The average Bonchev–Trinajstić information content (AvgIpc) is 3.53. The fraction of sp³-hybridized carbons (Fsp3) is 0.219. The van der Waals surface area contributed by atoms with Crippen molar-refractivity contribution < 1.29 is 14.3 Å². The summed E-state index contributed by atoms with van der Waals surface area (Å²) in [4.78, 5) is 32.8. The maximum absolute atomic E-state index is 13.6. The Balaban J connectivity index is 1.31. The minimum Gasteiger partial charge on any atom is -0.459 e. The van der Waals surface area contributed by atoms with E-state index >= 15 is 0 Å². The van der Waals surface area contributed by atoms with Crippen LogP contribution in [-0.4, -0.2) is 23.0 Å². The standard InChI is InChI=1S/C32H29N3O3S2/c1-18(2)38-32(37)26-24(20-11-7-4-8-12-20)17-39-31(26)35-29(36)28-27(33)23-16-22-15-21(19-9-5-3-6-10-19)13-14-25(22)34-30(23)40-28/h3-12,16-18,21H,13-15,33H2,1-2H3,(H,35,36). The summed E-state index contributed by atoms with van der Waals surface area (Å²) in [5, 5.41) is 6.06. The van der Waals surface area contributed by atoms with E-state index in [0.717, 1.165) is 46.3 Å². The van der Waals surface area contributed by atoms with Crippen molar-refractivity contribution in [2.75, 3.05) is 11.1 Å². The third kappa shape index (κ3) is 5.00. The summed E-state index contributed by atoms with van der Waals surface area (Å²) in [6.45, 7) is 3.61. The van der Waals surface area contributed by atoms with Crippen LogP contribution in [0.25, 0.3) is 21.3 Å². The fourth-order valence-corrected chi connectivity index (χ4v) is 7.23. The number of carbonyl (C=O) groups is 2. The molecule has 0 fully saturated rings. The number of fused-ring (bicyclic) bond motifs is 2. The zero-order valence-electron chi connectivity index (χ0n) is 22.3. The normalized spacial score (nSPS) is 14.7. The number of esters is 1. The maximum Gasteiger partial charge on any atom is 0.342 e. The van der Waals surface area contributed by atoms with Gasteiger partial charge in [0.1, 0.15) is 20.3 Å². The molecule has 1 unspecified atom stereocenters. The molecule has 0 bridgehead atoms. The Hall–Kier alpha value is -4.01. The third-order valence-corrected chi connectivity index (χ3v) is 9.22. The molecule has 1 atom stereocenters. The van der Waals surface area contributed by atoms with Gasteiger partial charge in [-0.15, -0.1) is 22.7 Å². The van der Waals surface area contributed by atoms with E-state index in [4.69, 9.17) is 15.5 Å². The third-order valence-electron chi connectivity index (χ3n) is 7.21. The molecule has 202 valence electrons. The van der Waals surface area contributed by atoms with Crippen molar-refractivity contribution in [2.24, 2.45) is 0 Å². The topological polar surface area (TPSA) is 94.3 Å². The first-order valence-corrected chi connectivity index (χ1v) is 15.0. The number of hydrogen-bond acceptors (Lipinski definition) is 7. The number of aromatic nitrogens is 1. The number of pyridine rings is 1.